The van der Waals surface area contributed by atoms with Crippen LogP contribution in [-0.2, 0) is 17.9 Å². The molecule has 1 aliphatic rings. The van der Waals surface area contributed by atoms with Gasteiger partial charge in [0, 0.05) is 0 Å². The molecule has 0 nitrogen and oxygen atoms in total. The van der Waals surface area contributed by atoms with Crippen LogP contribution in [0, 0.1) is 4.37 Å². The zero-order valence-corrected chi connectivity index (χ0v) is 38.9. The second-order valence-electron chi connectivity index (χ2n) is 15.5. The first-order valence-corrected chi connectivity index (χ1v) is 24.6. The van der Waals surface area contributed by atoms with E-state index in [0.29, 0.717) is 0 Å². The molecule has 0 spiro atoms. The van der Waals surface area contributed by atoms with Crippen molar-refractivity contribution in [3.8, 4) is 4.37 Å². The molecule has 0 aromatic heterocycles. The van der Waals surface area contributed by atoms with Crippen LogP contribution >= 0.6 is 7.26 Å². The Bertz CT molecular complexity index is 2720. The average molecular weight is 993 g/mol. The van der Waals surface area contributed by atoms with E-state index in [4.69, 9.17) is 0 Å². The van der Waals surface area contributed by atoms with Gasteiger partial charge in [-0.2, -0.15) is 0 Å². The molecular formula is C60H51OsP+. The van der Waals surface area contributed by atoms with E-state index in [1.807, 2.05) is 17.9 Å². The van der Waals surface area contributed by atoms with E-state index in [1.165, 1.54) is 83.3 Å². The summed E-state index contributed by atoms with van der Waals surface area (Å²) in [5, 5.41) is 5.22. The van der Waals surface area contributed by atoms with Gasteiger partial charge in [0.05, 0.1) is 0 Å². The molecular weight excluding hydrogens is 942 g/mol. The number of benzene rings is 7. The Kier molecular flexibility index (Phi) is 14.1. The summed E-state index contributed by atoms with van der Waals surface area (Å²) in [6.07, 6.45) is 17.1. The molecule has 0 atom stereocenters. The Morgan fingerprint density at radius 3 is 1.26 bits per heavy atom. The van der Waals surface area contributed by atoms with Gasteiger partial charge in [-0.3, -0.25) is 0 Å². The third-order valence-electron chi connectivity index (χ3n) is 11.7. The summed E-state index contributed by atoms with van der Waals surface area (Å²) >= 11 is 1.85. The molecule has 8 rings (SSSR count). The molecule has 62 heavy (non-hydrogen) atoms. The van der Waals surface area contributed by atoms with Crippen LogP contribution in [0.2, 0.25) is 0 Å². The van der Waals surface area contributed by atoms with E-state index < -0.39 is 7.26 Å². The van der Waals surface area contributed by atoms with Crippen LogP contribution in [0.15, 0.2) is 247 Å². The predicted molar refractivity (Wildman–Crippen MR) is 266 cm³/mol. The molecule has 7 aromatic rings. The van der Waals surface area contributed by atoms with Crippen molar-refractivity contribution in [3.05, 3.63) is 280 Å². The van der Waals surface area contributed by atoms with Gasteiger partial charge in [0.15, 0.2) is 0 Å². The first-order chi connectivity index (χ1) is 30.6. The molecule has 0 aliphatic heterocycles. The molecule has 0 bridgehead atoms. The van der Waals surface area contributed by atoms with Crippen LogP contribution in [0.25, 0.3) is 23.3 Å². The van der Waals surface area contributed by atoms with E-state index in [9.17, 15) is 0 Å². The Balaban J connectivity index is 1.32. The van der Waals surface area contributed by atoms with Crippen LogP contribution in [0.3, 0.4) is 0 Å². The van der Waals surface area contributed by atoms with Crippen molar-refractivity contribution in [2.45, 2.75) is 33.1 Å². The normalized spacial score (nSPS) is 15.2. The zero-order valence-electron chi connectivity index (χ0n) is 35.4. The van der Waals surface area contributed by atoms with Crippen molar-refractivity contribution in [1.82, 2.24) is 0 Å². The topological polar surface area (TPSA) is 0 Å². The molecule has 2 heteroatoms. The second kappa shape index (κ2) is 20.6. The molecule has 0 radical (unpaired) electrons. The maximum absolute atomic E-state index is 3.91. The summed E-state index contributed by atoms with van der Waals surface area (Å²) in [5.41, 5.74) is 13.6. The standard InChI is InChI=1S/C60H51P.Os/c1-4-22-47-35-40-52(41-36-47)59(50-23-11-6-12-24-50)60(51-25-13-7-14-26-51)53-42-37-48(38-43-53)39-44-54(45-55-28-21-27-49(55)5-2)46(3)61(56-29-15-8-16-30-56,57-31-17-9-18-32-57)58-33-19-10-20-34-58;/h4-20,22-26,29-45H,21,27-28H2,1-2H3;/q+1;/b22-4+,44-39+,49-5?,54-46?,55-45?,60-59+;. The van der Waals surface area contributed by atoms with E-state index >= 15 is 0 Å². The van der Waals surface area contributed by atoms with Gasteiger partial charge in [-0.25, -0.2) is 0 Å². The minimum absolute atomic E-state index is 1.08. The fourth-order valence-corrected chi connectivity index (χ4v) is 14.6. The minimum atomic E-state index is -2.41. The third kappa shape index (κ3) is 9.19. The van der Waals surface area contributed by atoms with Crippen molar-refractivity contribution in [2.75, 3.05) is 0 Å². The molecule has 0 N–H and O–H groups in total. The fourth-order valence-electron chi connectivity index (χ4n) is 8.78. The number of allylic oxidation sites excluding steroid dienone is 8. The maximum atomic E-state index is 3.91. The Labute approximate surface area is 379 Å². The van der Waals surface area contributed by atoms with Gasteiger partial charge < -0.3 is 0 Å². The van der Waals surface area contributed by atoms with Crippen molar-refractivity contribution < 1.29 is 17.9 Å². The summed E-state index contributed by atoms with van der Waals surface area (Å²) in [6.45, 7) is 4.25. The van der Waals surface area contributed by atoms with Crippen LogP contribution in [0.4, 0.5) is 0 Å². The molecule has 1 aliphatic carbocycles. The monoisotopic (exact) mass is 994 g/mol. The first-order valence-electron chi connectivity index (χ1n) is 21.5. The van der Waals surface area contributed by atoms with Gasteiger partial charge in [-0.05, 0) is 12.5 Å². The first kappa shape index (κ1) is 42.5. The number of hydrogen-bond acceptors (Lipinski definition) is 0. The average Bonchev–Trinajstić information content (AvgIpc) is 3.80. The summed E-state index contributed by atoms with van der Waals surface area (Å²) in [4.78, 5) is 0. The Morgan fingerprint density at radius 2 is 0.855 bits per heavy atom. The van der Waals surface area contributed by atoms with E-state index in [0.717, 1.165) is 18.4 Å². The van der Waals surface area contributed by atoms with E-state index in [1.54, 1.807) is 0 Å². The quantitative estimate of drug-likeness (QED) is 0.0650. The molecule has 0 saturated heterocycles. The van der Waals surface area contributed by atoms with Crippen molar-refractivity contribution in [2.24, 2.45) is 0 Å². The van der Waals surface area contributed by atoms with Crippen molar-refractivity contribution in [1.29, 1.82) is 0 Å². The number of hydrogen-bond donors (Lipinski definition) is 0. The number of rotatable bonds is 12. The van der Waals surface area contributed by atoms with Crippen LogP contribution in [0.5, 0.6) is 0 Å². The zero-order chi connectivity index (χ0) is 42.6. The molecule has 1 saturated carbocycles. The van der Waals surface area contributed by atoms with Crippen molar-refractivity contribution >= 4 is 46.5 Å². The van der Waals surface area contributed by atoms with Gasteiger partial charge in [-0.1, -0.05) is 84.9 Å². The summed E-state index contributed by atoms with van der Waals surface area (Å²) in [5.74, 6) is 0. The van der Waals surface area contributed by atoms with Gasteiger partial charge >= 0.3 is 284 Å². The molecule has 0 heterocycles. The van der Waals surface area contributed by atoms with Crippen molar-refractivity contribution in [3.63, 3.8) is 0 Å². The molecule has 7 aromatic carbocycles. The molecule has 1 fully saturated rings. The molecule has 303 valence electrons. The van der Waals surface area contributed by atoms with Gasteiger partial charge in [0.2, 0.25) is 0 Å². The van der Waals surface area contributed by atoms with Crippen LogP contribution < -0.4 is 15.9 Å². The molecule has 0 amide bonds. The van der Waals surface area contributed by atoms with Crippen LogP contribution in [-0.4, -0.2) is 0 Å². The van der Waals surface area contributed by atoms with E-state index in [-0.39, 0.29) is 0 Å². The predicted octanol–water partition coefficient (Wildman–Crippen LogP) is 14.6. The van der Waals surface area contributed by atoms with Gasteiger partial charge in [-0.15, -0.1) is 0 Å². The van der Waals surface area contributed by atoms with Gasteiger partial charge in [0.1, 0.15) is 0 Å². The summed E-state index contributed by atoms with van der Waals surface area (Å²) in [7, 11) is -2.41. The Morgan fingerprint density at radius 1 is 0.468 bits per heavy atom. The van der Waals surface area contributed by atoms with Gasteiger partial charge in [0.25, 0.3) is 0 Å². The van der Waals surface area contributed by atoms with Crippen LogP contribution in [0.1, 0.15) is 66.5 Å². The Hall–Kier alpha value is -6.17. The van der Waals surface area contributed by atoms with E-state index in [2.05, 4.69) is 255 Å². The SMILES string of the molecule is CC=C1CCCC1=CC(/C=C/c1ccc(/C(=C(\c2ccccc2)c2ccc(/C=C/C)cc2)c2ccccc2)cc1)=C([C]#[Os])[P+](c1ccccc1)(c1ccccc1)c1ccccc1. The third-order valence-corrected chi connectivity index (χ3v) is 17.1. The fraction of sp³-hybridized carbons (Fsp3) is 0.0833. The summed E-state index contributed by atoms with van der Waals surface area (Å²) in [6, 6.07) is 73.2. The second-order valence-corrected chi connectivity index (χ2v) is 19.4. The molecule has 0 unspecified atom stereocenters. The summed E-state index contributed by atoms with van der Waals surface area (Å²) < 4.78 is 3.91.